The van der Waals surface area contributed by atoms with E-state index in [0.29, 0.717) is 0 Å². The van der Waals surface area contributed by atoms with E-state index in [-0.39, 0.29) is 23.2 Å². The monoisotopic (exact) mass is 285 g/mol. The van der Waals surface area contributed by atoms with Crippen molar-refractivity contribution in [3.63, 3.8) is 0 Å². The maximum absolute atomic E-state index is 12.3. The highest BCUT2D eigenvalue weighted by molar-refractivity contribution is 6.20. The van der Waals surface area contributed by atoms with Gasteiger partial charge >= 0.3 is 0 Å². The molecule has 2 saturated carbocycles. The molecule has 0 bridgehead atoms. The van der Waals surface area contributed by atoms with Gasteiger partial charge in [0, 0.05) is 17.3 Å². The second-order valence-corrected chi connectivity index (χ2v) is 7.49. The van der Waals surface area contributed by atoms with Crippen molar-refractivity contribution in [1.82, 2.24) is 5.32 Å². The third kappa shape index (κ3) is 4.37. The first kappa shape index (κ1) is 15.2. The summed E-state index contributed by atoms with van der Waals surface area (Å²) < 4.78 is 0. The molecule has 0 heterocycles. The number of carbonyl (C=O) groups excluding carboxylic acids is 1. The molecule has 0 radical (unpaired) electrons. The summed E-state index contributed by atoms with van der Waals surface area (Å²) in [6.45, 7) is 4.04. The minimum Gasteiger partial charge on any atom is -0.353 e. The van der Waals surface area contributed by atoms with Crippen molar-refractivity contribution in [1.29, 1.82) is 0 Å². The van der Waals surface area contributed by atoms with Gasteiger partial charge < -0.3 is 5.32 Å². The molecule has 5 unspecified atom stereocenters. The van der Waals surface area contributed by atoms with E-state index in [2.05, 4.69) is 12.2 Å². The summed E-state index contributed by atoms with van der Waals surface area (Å²) in [6, 6.07) is 0.198. The smallest absolute Gasteiger partial charge is 0.223 e. The van der Waals surface area contributed by atoms with Gasteiger partial charge in [0.1, 0.15) is 0 Å². The van der Waals surface area contributed by atoms with Crippen LogP contribution in [0.4, 0.5) is 0 Å². The van der Waals surface area contributed by atoms with Crippen molar-refractivity contribution < 1.29 is 4.79 Å². The number of rotatable bonds is 4. The lowest BCUT2D eigenvalue weighted by Crippen LogP contribution is -2.41. The minimum absolute atomic E-state index is 0.129. The molecule has 2 aliphatic rings. The van der Waals surface area contributed by atoms with E-state index >= 15 is 0 Å². The summed E-state index contributed by atoms with van der Waals surface area (Å²) in [6.07, 6.45) is 9.87. The van der Waals surface area contributed by atoms with Crippen LogP contribution >= 0.6 is 11.6 Å². The van der Waals surface area contributed by atoms with Gasteiger partial charge in [-0.25, -0.2) is 0 Å². The van der Waals surface area contributed by atoms with E-state index in [0.717, 1.165) is 31.1 Å². The fourth-order valence-corrected chi connectivity index (χ4v) is 4.29. The lowest BCUT2D eigenvalue weighted by atomic mass is 9.67. The highest BCUT2D eigenvalue weighted by Crippen LogP contribution is 2.42. The van der Waals surface area contributed by atoms with E-state index in [9.17, 15) is 4.79 Å². The van der Waals surface area contributed by atoms with Gasteiger partial charge in [-0.15, -0.1) is 11.6 Å². The number of alkyl halides is 1. The Hall–Kier alpha value is -0.240. The molecule has 0 aromatic carbocycles. The van der Waals surface area contributed by atoms with Crippen molar-refractivity contribution in [3.05, 3.63) is 0 Å². The van der Waals surface area contributed by atoms with Crippen molar-refractivity contribution >= 4 is 17.5 Å². The lowest BCUT2D eigenvalue weighted by Gasteiger charge is -2.39. The van der Waals surface area contributed by atoms with Crippen LogP contribution in [0.15, 0.2) is 0 Å². The predicted molar refractivity (Wildman–Crippen MR) is 80.3 cm³/mol. The molecule has 1 amide bonds. The molecule has 2 fully saturated rings. The number of fused-ring (bicyclic) bond motifs is 1. The van der Waals surface area contributed by atoms with Crippen LogP contribution in [0.5, 0.6) is 0 Å². The van der Waals surface area contributed by atoms with E-state index in [4.69, 9.17) is 11.6 Å². The Morgan fingerprint density at radius 1 is 1.16 bits per heavy atom. The molecule has 5 atom stereocenters. The zero-order valence-electron chi connectivity index (χ0n) is 12.3. The molecule has 0 spiro atoms. The zero-order chi connectivity index (χ0) is 13.8. The Morgan fingerprint density at radius 3 is 2.53 bits per heavy atom. The zero-order valence-corrected chi connectivity index (χ0v) is 13.1. The van der Waals surface area contributed by atoms with Crippen molar-refractivity contribution in [2.75, 3.05) is 0 Å². The van der Waals surface area contributed by atoms with Gasteiger partial charge in [0.2, 0.25) is 5.91 Å². The Balaban J connectivity index is 1.80. The van der Waals surface area contributed by atoms with Gasteiger partial charge in [-0.1, -0.05) is 25.7 Å². The molecule has 2 aliphatic carbocycles. The van der Waals surface area contributed by atoms with Gasteiger partial charge in [-0.05, 0) is 51.4 Å². The number of hydrogen-bond donors (Lipinski definition) is 1. The molecule has 0 aliphatic heterocycles. The topological polar surface area (TPSA) is 29.1 Å². The first-order chi connectivity index (χ1) is 9.06. The second-order valence-electron chi connectivity index (χ2n) is 6.74. The molecule has 19 heavy (non-hydrogen) atoms. The van der Waals surface area contributed by atoms with E-state index in [1.54, 1.807) is 0 Å². The Bertz CT molecular complexity index is 305. The van der Waals surface area contributed by atoms with Crippen molar-refractivity contribution in [2.45, 2.75) is 76.6 Å². The number of halogens is 1. The lowest BCUT2D eigenvalue weighted by molar-refractivity contribution is -0.127. The minimum atomic E-state index is 0.129. The van der Waals surface area contributed by atoms with Crippen LogP contribution < -0.4 is 5.32 Å². The Morgan fingerprint density at radius 2 is 1.84 bits per heavy atom. The number of amides is 1. The molecule has 2 nitrogen and oxygen atoms in total. The third-order valence-corrected chi connectivity index (χ3v) is 5.16. The Labute approximate surface area is 122 Å². The highest BCUT2D eigenvalue weighted by Gasteiger charge is 2.35. The molecule has 3 heteroatoms. The van der Waals surface area contributed by atoms with Crippen LogP contribution in [0.2, 0.25) is 0 Å². The van der Waals surface area contributed by atoms with Gasteiger partial charge in [-0.3, -0.25) is 4.79 Å². The summed E-state index contributed by atoms with van der Waals surface area (Å²) in [5, 5.41) is 3.28. The standard InChI is InChI=1S/C16H28ClNO/c1-11(17)9-12(2)18-16(19)15-8-7-13-5-3-4-6-14(13)10-15/h11-15H,3-10H2,1-2H3,(H,18,19). The van der Waals surface area contributed by atoms with Gasteiger partial charge in [-0.2, -0.15) is 0 Å². The fourth-order valence-electron chi connectivity index (χ4n) is 4.02. The maximum Gasteiger partial charge on any atom is 0.223 e. The van der Waals surface area contributed by atoms with Crippen LogP contribution in [0.3, 0.4) is 0 Å². The molecule has 1 N–H and O–H groups in total. The number of hydrogen-bond acceptors (Lipinski definition) is 1. The maximum atomic E-state index is 12.3. The largest absolute Gasteiger partial charge is 0.353 e. The predicted octanol–water partition coefficient (Wildman–Crippen LogP) is 4.12. The van der Waals surface area contributed by atoms with Crippen LogP contribution in [0, 0.1) is 17.8 Å². The number of nitrogens with one attached hydrogen (secondary N) is 1. The molecule has 0 aromatic heterocycles. The molecule has 110 valence electrons. The molecular weight excluding hydrogens is 258 g/mol. The molecule has 0 saturated heterocycles. The molecule has 0 aromatic rings. The summed E-state index contributed by atoms with van der Waals surface area (Å²) >= 11 is 5.98. The molecular formula is C16H28ClNO. The first-order valence-electron chi connectivity index (χ1n) is 8.00. The fraction of sp³-hybridized carbons (Fsp3) is 0.938. The van der Waals surface area contributed by atoms with Crippen LogP contribution in [-0.2, 0) is 4.79 Å². The van der Waals surface area contributed by atoms with Gasteiger partial charge in [0.05, 0.1) is 0 Å². The summed E-state index contributed by atoms with van der Waals surface area (Å²) in [5.41, 5.74) is 0. The highest BCUT2D eigenvalue weighted by atomic mass is 35.5. The van der Waals surface area contributed by atoms with Crippen LogP contribution in [0.1, 0.15) is 65.2 Å². The van der Waals surface area contributed by atoms with Crippen LogP contribution in [-0.4, -0.2) is 17.3 Å². The first-order valence-corrected chi connectivity index (χ1v) is 8.44. The van der Waals surface area contributed by atoms with Crippen LogP contribution in [0.25, 0.3) is 0 Å². The average Bonchev–Trinajstić information content (AvgIpc) is 2.37. The summed E-state index contributed by atoms with van der Waals surface area (Å²) in [7, 11) is 0. The van der Waals surface area contributed by atoms with E-state index < -0.39 is 0 Å². The van der Waals surface area contributed by atoms with E-state index in [1.807, 2.05) is 6.92 Å². The van der Waals surface area contributed by atoms with Gasteiger partial charge in [0.25, 0.3) is 0 Å². The second kappa shape index (κ2) is 6.97. The van der Waals surface area contributed by atoms with Crippen molar-refractivity contribution in [2.24, 2.45) is 17.8 Å². The summed E-state index contributed by atoms with van der Waals surface area (Å²) in [4.78, 5) is 12.3. The number of carbonyl (C=O) groups is 1. The third-order valence-electron chi connectivity index (χ3n) is 4.98. The summed E-state index contributed by atoms with van der Waals surface area (Å²) in [5.74, 6) is 2.26. The Kier molecular flexibility index (Phi) is 5.56. The SMILES string of the molecule is CC(Cl)CC(C)NC(=O)C1CCC2CCCCC2C1. The average molecular weight is 286 g/mol. The normalized spacial score (nSPS) is 34.2. The van der Waals surface area contributed by atoms with Crippen molar-refractivity contribution in [3.8, 4) is 0 Å². The van der Waals surface area contributed by atoms with E-state index in [1.165, 1.54) is 32.1 Å². The quantitative estimate of drug-likeness (QED) is 0.774. The van der Waals surface area contributed by atoms with Gasteiger partial charge in [0.15, 0.2) is 0 Å². The molecule has 2 rings (SSSR count).